The van der Waals surface area contributed by atoms with Crippen molar-refractivity contribution in [2.45, 2.75) is 31.8 Å². The molecule has 1 saturated heterocycles. The van der Waals surface area contributed by atoms with E-state index in [9.17, 15) is 19.2 Å². The van der Waals surface area contributed by atoms with E-state index in [1.807, 2.05) is 24.3 Å². The standard InChI is InChI=1S/C22H20N4O4/c27-18-8-7-17(20(28)25-18)26-21(29)14-4-1-3-12(19(14)22(26)30)11-24-16-6-2-5-15-13(16)9-10-23-15/h1-6,17,23-24H,7-11H2,(H,25,27,28). The van der Waals surface area contributed by atoms with E-state index in [1.165, 1.54) is 5.56 Å². The molecule has 3 heterocycles. The Bertz CT molecular complexity index is 1110. The topological polar surface area (TPSA) is 108 Å². The molecule has 3 N–H and O–H groups in total. The van der Waals surface area contributed by atoms with Gasteiger partial charge in [-0.15, -0.1) is 0 Å². The molecule has 0 aliphatic carbocycles. The summed E-state index contributed by atoms with van der Waals surface area (Å²) in [6, 6.07) is 10.2. The Kier molecular flexibility index (Phi) is 4.27. The number of rotatable bonds is 4. The Morgan fingerprint density at radius 1 is 1.00 bits per heavy atom. The molecule has 3 aliphatic rings. The average Bonchev–Trinajstić information content (AvgIpc) is 3.31. The second-order valence-electron chi connectivity index (χ2n) is 7.65. The summed E-state index contributed by atoms with van der Waals surface area (Å²) in [5.74, 6) is -1.96. The van der Waals surface area contributed by atoms with Gasteiger partial charge in [0.2, 0.25) is 11.8 Å². The van der Waals surface area contributed by atoms with Crippen LogP contribution in [0, 0.1) is 0 Å². The summed E-state index contributed by atoms with van der Waals surface area (Å²) in [6.07, 6.45) is 1.17. The molecule has 2 aromatic carbocycles. The van der Waals surface area contributed by atoms with Gasteiger partial charge >= 0.3 is 0 Å². The van der Waals surface area contributed by atoms with Crippen molar-refractivity contribution in [3.05, 3.63) is 58.7 Å². The minimum absolute atomic E-state index is 0.103. The highest BCUT2D eigenvalue weighted by molar-refractivity contribution is 6.24. The number of piperidine rings is 1. The van der Waals surface area contributed by atoms with E-state index in [4.69, 9.17) is 0 Å². The summed E-state index contributed by atoms with van der Waals surface area (Å²) >= 11 is 0. The van der Waals surface area contributed by atoms with Crippen molar-refractivity contribution in [3.8, 4) is 0 Å². The molecule has 8 nitrogen and oxygen atoms in total. The summed E-state index contributed by atoms with van der Waals surface area (Å²) in [5, 5.41) is 8.94. The summed E-state index contributed by atoms with van der Waals surface area (Å²) in [7, 11) is 0. The number of amides is 4. The Morgan fingerprint density at radius 3 is 2.67 bits per heavy atom. The molecule has 1 atom stereocenters. The fourth-order valence-electron chi connectivity index (χ4n) is 4.43. The smallest absolute Gasteiger partial charge is 0.262 e. The van der Waals surface area contributed by atoms with Crippen LogP contribution in [0.25, 0.3) is 0 Å². The molecule has 0 aromatic heterocycles. The zero-order chi connectivity index (χ0) is 20.8. The molecular weight excluding hydrogens is 384 g/mol. The number of nitrogens with zero attached hydrogens (tertiary/aromatic N) is 1. The van der Waals surface area contributed by atoms with Gasteiger partial charge < -0.3 is 10.6 Å². The van der Waals surface area contributed by atoms with E-state index in [0.29, 0.717) is 23.2 Å². The summed E-state index contributed by atoms with van der Waals surface area (Å²) in [5.41, 5.74) is 4.62. The van der Waals surface area contributed by atoms with Crippen molar-refractivity contribution in [2.75, 3.05) is 17.2 Å². The van der Waals surface area contributed by atoms with Crippen LogP contribution < -0.4 is 16.0 Å². The number of hydrogen-bond donors (Lipinski definition) is 3. The number of hydrogen-bond acceptors (Lipinski definition) is 6. The number of fused-ring (bicyclic) bond motifs is 2. The Hall–Kier alpha value is -3.68. The van der Waals surface area contributed by atoms with Gasteiger partial charge in [-0.1, -0.05) is 18.2 Å². The van der Waals surface area contributed by atoms with Gasteiger partial charge in [-0.05, 0) is 36.6 Å². The van der Waals surface area contributed by atoms with Gasteiger partial charge in [0.05, 0.1) is 11.1 Å². The lowest BCUT2D eigenvalue weighted by Gasteiger charge is -2.27. The first-order chi connectivity index (χ1) is 14.5. The number of anilines is 2. The maximum absolute atomic E-state index is 13.2. The Morgan fingerprint density at radius 2 is 1.83 bits per heavy atom. The van der Waals surface area contributed by atoms with Crippen molar-refractivity contribution in [1.82, 2.24) is 10.2 Å². The van der Waals surface area contributed by atoms with Crippen molar-refractivity contribution < 1.29 is 19.2 Å². The predicted octanol–water partition coefficient (Wildman–Crippen LogP) is 1.67. The van der Waals surface area contributed by atoms with Gasteiger partial charge in [-0.2, -0.15) is 0 Å². The maximum Gasteiger partial charge on any atom is 0.262 e. The largest absolute Gasteiger partial charge is 0.384 e. The Labute approximate surface area is 172 Å². The van der Waals surface area contributed by atoms with Gasteiger partial charge in [0.15, 0.2) is 0 Å². The molecular formula is C22H20N4O4. The van der Waals surface area contributed by atoms with E-state index in [1.54, 1.807) is 12.1 Å². The highest BCUT2D eigenvalue weighted by Gasteiger charge is 2.45. The number of benzene rings is 2. The second-order valence-corrected chi connectivity index (χ2v) is 7.65. The van der Waals surface area contributed by atoms with Gasteiger partial charge in [0, 0.05) is 36.4 Å². The molecule has 152 valence electrons. The van der Waals surface area contributed by atoms with Gasteiger partial charge in [0.1, 0.15) is 6.04 Å². The van der Waals surface area contributed by atoms with Crippen LogP contribution in [0.2, 0.25) is 0 Å². The van der Waals surface area contributed by atoms with Gasteiger partial charge in [0.25, 0.3) is 11.8 Å². The Balaban J connectivity index is 1.42. The minimum atomic E-state index is -0.959. The first-order valence-electron chi connectivity index (χ1n) is 9.97. The molecule has 0 saturated carbocycles. The monoisotopic (exact) mass is 404 g/mol. The lowest BCUT2D eigenvalue weighted by molar-refractivity contribution is -0.136. The normalized spacial score (nSPS) is 20.0. The highest BCUT2D eigenvalue weighted by atomic mass is 16.2. The van der Waals surface area contributed by atoms with Crippen LogP contribution in [-0.4, -0.2) is 41.1 Å². The number of carbonyl (C=O) groups is 4. The van der Waals surface area contributed by atoms with E-state index in [-0.39, 0.29) is 18.7 Å². The number of carbonyl (C=O) groups excluding carboxylic acids is 4. The maximum atomic E-state index is 13.2. The van der Waals surface area contributed by atoms with Crippen LogP contribution in [0.5, 0.6) is 0 Å². The van der Waals surface area contributed by atoms with E-state index in [2.05, 4.69) is 16.0 Å². The average molecular weight is 404 g/mol. The van der Waals surface area contributed by atoms with Crippen LogP contribution in [0.1, 0.15) is 44.7 Å². The molecule has 5 rings (SSSR count). The molecule has 0 bridgehead atoms. The number of nitrogens with one attached hydrogen (secondary N) is 3. The zero-order valence-electron chi connectivity index (χ0n) is 16.2. The molecule has 30 heavy (non-hydrogen) atoms. The quantitative estimate of drug-likeness (QED) is 0.669. The van der Waals surface area contributed by atoms with Crippen molar-refractivity contribution in [2.24, 2.45) is 0 Å². The molecule has 2 aromatic rings. The fourth-order valence-corrected chi connectivity index (χ4v) is 4.43. The van der Waals surface area contributed by atoms with Crippen LogP contribution in [-0.2, 0) is 22.6 Å². The first kappa shape index (κ1) is 18.4. The SMILES string of the molecule is O=C1CCC(N2C(=O)c3cccc(CNc4cccc5c4CCN5)c3C2=O)C(=O)N1. The fraction of sp³-hybridized carbons (Fsp3) is 0.273. The van der Waals surface area contributed by atoms with E-state index >= 15 is 0 Å². The van der Waals surface area contributed by atoms with Crippen LogP contribution in [0.3, 0.4) is 0 Å². The van der Waals surface area contributed by atoms with Crippen molar-refractivity contribution in [1.29, 1.82) is 0 Å². The lowest BCUT2D eigenvalue weighted by Crippen LogP contribution is -2.54. The lowest BCUT2D eigenvalue weighted by atomic mass is 10.0. The van der Waals surface area contributed by atoms with Crippen LogP contribution in [0.4, 0.5) is 11.4 Å². The highest BCUT2D eigenvalue weighted by Crippen LogP contribution is 2.32. The molecule has 3 aliphatic heterocycles. The molecule has 8 heteroatoms. The molecule has 4 amide bonds. The molecule has 0 radical (unpaired) electrons. The van der Waals surface area contributed by atoms with Crippen molar-refractivity contribution >= 4 is 35.0 Å². The number of imide groups is 2. The van der Waals surface area contributed by atoms with E-state index in [0.717, 1.165) is 29.2 Å². The third-order valence-corrected chi connectivity index (χ3v) is 5.89. The predicted molar refractivity (Wildman–Crippen MR) is 109 cm³/mol. The van der Waals surface area contributed by atoms with Crippen molar-refractivity contribution in [3.63, 3.8) is 0 Å². The summed E-state index contributed by atoms with van der Waals surface area (Å²) in [4.78, 5) is 50.8. The molecule has 1 unspecified atom stereocenters. The van der Waals surface area contributed by atoms with Crippen LogP contribution >= 0.6 is 0 Å². The summed E-state index contributed by atoms with van der Waals surface area (Å²) in [6.45, 7) is 1.27. The van der Waals surface area contributed by atoms with E-state index < -0.39 is 23.8 Å². The molecule has 0 spiro atoms. The summed E-state index contributed by atoms with van der Waals surface area (Å²) < 4.78 is 0. The minimum Gasteiger partial charge on any atom is -0.384 e. The van der Waals surface area contributed by atoms with Crippen LogP contribution in [0.15, 0.2) is 36.4 Å². The molecule has 1 fully saturated rings. The van der Waals surface area contributed by atoms with Gasteiger partial charge in [-0.25, -0.2) is 0 Å². The first-order valence-corrected chi connectivity index (χ1v) is 9.97. The third kappa shape index (κ3) is 2.83. The zero-order valence-corrected chi connectivity index (χ0v) is 16.2. The third-order valence-electron chi connectivity index (χ3n) is 5.89. The second kappa shape index (κ2) is 6.98. The van der Waals surface area contributed by atoms with Gasteiger partial charge in [-0.3, -0.25) is 29.4 Å².